The van der Waals surface area contributed by atoms with Crippen LogP contribution in [0.5, 0.6) is 0 Å². The normalized spacial score (nSPS) is 27.3. The molecule has 10 aromatic rings. The van der Waals surface area contributed by atoms with E-state index in [2.05, 4.69) is 83.3 Å². The molecule has 4 aromatic heterocycles. The van der Waals surface area contributed by atoms with Crippen LogP contribution in [0.4, 0.5) is 0 Å². The van der Waals surface area contributed by atoms with Gasteiger partial charge in [0.2, 0.25) is 0 Å². The van der Waals surface area contributed by atoms with Gasteiger partial charge < -0.3 is 8.80 Å². The van der Waals surface area contributed by atoms with Gasteiger partial charge in [-0.15, -0.1) is 0 Å². The van der Waals surface area contributed by atoms with Crippen LogP contribution >= 0.6 is 0 Å². The van der Waals surface area contributed by atoms with E-state index in [1.807, 2.05) is 0 Å². The van der Waals surface area contributed by atoms with Crippen molar-refractivity contribution >= 4 is 76.2 Å². The Morgan fingerprint density at radius 3 is 1.04 bits per heavy atom. The molecular formula is C67H52N6. The van der Waals surface area contributed by atoms with Crippen molar-refractivity contribution in [3.8, 4) is 35.4 Å². The highest BCUT2D eigenvalue weighted by molar-refractivity contribution is 6.33. The van der Waals surface area contributed by atoms with Crippen molar-refractivity contribution in [2.24, 2.45) is 0 Å². The zero-order valence-electron chi connectivity index (χ0n) is 41.6. The molecule has 0 N–H and O–H groups in total. The van der Waals surface area contributed by atoms with E-state index in [1.54, 1.807) is 0 Å². The minimum Gasteiger partial charge on any atom is -0.308 e. The lowest BCUT2D eigenvalue weighted by atomic mass is 9.64. The first-order valence-corrected chi connectivity index (χ1v) is 28.3. The molecular weight excluding hydrogens is 889 g/mol. The fraction of sp³-hybridized carbons (Fsp3) is 0.403. The Morgan fingerprint density at radius 1 is 0.370 bits per heavy atom. The van der Waals surface area contributed by atoms with Crippen LogP contribution in [0, 0.1) is 45.3 Å². The van der Waals surface area contributed by atoms with Gasteiger partial charge in [-0.25, -0.2) is 0 Å². The molecule has 6 nitrogen and oxygen atoms in total. The predicted octanol–water partition coefficient (Wildman–Crippen LogP) is 16.8. The van der Waals surface area contributed by atoms with E-state index in [0.717, 1.165) is 82.8 Å². The lowest BCUT2D eigenvalue weighted by Crippen LogP contribution is -2.23. The van der Waals surface area contributed by atoms with Crippen LogP contribution in [0.2, 0.25) is 0 Å². The van der Waals surface area contributed by atoms with Crippen LogP contribution < -0.4 is 0 Å². The Hall–Kier alpha value is -7.12. The van der Waals surface area contributed by atoms with Gasteiger partial charge >= 0.3 is 0 Å². The molecule has 0 atom stereocenters. The summed E-state index contributed by atoms with van der Waals surface area (Å²) in [6.07, 6.45) is 18.7. The number of hydrogen-bond donors (Lipinski definition) is 0. The van der Waals surface area contributed by atoms with Gasteiger partial charge in [0.1, 0.15) is 0 Å². The quantitative estimate of drug-likeness (QED) is 0.151. The van der Waals surface area contributed by atoms with Crippen LogP contribution in [0.15, 0.2) is 36.4 Å². The molecule has 13 aliphatic carbocycles. The van der Waals surface area contributed by atoms with Gasteiger partial charge in [-0.2, -0.15) is 21.0 Å². The summed E-state index contributed by atoms with van der Waals surface area (Å²) in [7, 11) is 0. The molecule has 350 valence electrons. The zero-order chi connectivity index (χ0) is 48.0. The standard InChI is InChI=1S/C67H52N6/c1-67(2)44-24-43-59-46(20-38(26-69)50-30-5-13-34(14-6-30)54(50)59)72-47-21-39(27-70)51-31-7-15-35(16-8-31)55(51)60(47)62(65(43)72)57(44)41-23-42-58-45(19-37(25-68)49-29-3-11-33(12-4-29)53(49)58)73-48-22-40(28-71)52-32-9-17-36(18-10-32)56(52)61(48)63(64(41)67)66(42)73/h19-24,29-36H,3-18H2,1-2H3. The number of nitrogens with zero attached hydrogens (tertiary/aromatic N) is 6. The lowest BCUT2D eigenvalue weighted by molar-refractivity contribution is 0.360. The maximum Gasteiger partial charge on any atom is 0.0995 e. The summed E-state index contributed by atoms with van der Waals surface area (Å²) in [6, 6.07) is 25.5. The summed E-state index contributed by atoms with van der Waals surface area (Å²) in [5.41, 5.74) is 26.9. The molecule has 4 fully saturated rings. The van der Waals surface area contributed by atoms with Crippen molar-refractivity contribution in [2.45, 2.75) is 169 Å². The molecule has 0 spiro atoms. The Balaban J connectivity index is 1.07. The lowest BCUT2D eigenvalue weighted by Gasteiger charge is -2.40. The second-order valence-electron chi connectivity index (χ2n) is 25.7. The average Bonchev–Trinajstić information content (AvgIpc) is 4.22. The zero-order valence-corrected chi connectivity index (χ0v) is 41.6. The molecule has 0 radical (unpaired) electrons. The SMILES string of the molecule is CC1(C)c2cc3c4c5c(c(C#N)cc4n4c6cc(C#N)c7c(c6c(c2-c2cc6c8c9c(c(C#N)cc8n8c%10cc(C#N)c%11c(c%10c(c21)c68)C1CCC%11CC1)C1CCC9CC1)c34)C1CCC7CC1)C1CCC5CC1. The van der Waals surface area contributed by atoms with Gasteiger partial charge in [-0.05, 0) is 253 Å². The summed E-state index contributed by atoms with van der Waals surface area (Å²) in [5.74, 6) is 3.37. The molecule has 0 unspecified atom stereocenters. The largest absolute Gasteiger partial charge is 0.308 e. The van der Waals surface area contributed by atoms with Crippen molar-refractivity contribution < 1.29 is 0 Å². The highest BCUT2D eigenvalue weighted by Gasteiger charge is 2.48. The topological polar surface area (TPSA) is 104 Å². The van der Waals surface area contributed by atoms with E-state index in [4.69, 9.17) is 0 Å². The molecule has 0 amide bonds. The number of hydrogen-bond acceptors (Lipinski definition) is 4. The van der Waals surface area contributed by atoms with Crippen molar-refractivity contribution in [2.75, 3.05) is 0 Å². The highest BCUT2D eigenvalue weighted by Crippen LogP contribution is 2.66. The van der Waals surface area contributed by atoms with Crippen LogP contribution in [0.3, 0.4) is 0 Å². The number of rotatable bonds is 0. The van der Waals surface area contributed by atoms with Gasteiger partial charge in [0.25, 0.3) is 0 Å². The Kier molecular flexibility index (Phi) is 6.81. The predicted molar refractivity (Wildman–Crippen MR) is 288 cm³/mol. The number of nitriles is 4. The fourth-order valence-corrected chi connectivity index (χ4v) is 20.3. The Morgan fingerprint density at radius 2 is 0.671 bits per heavy atom. The van der Waals surface area contributed by atoms with E-state index in [9.17, 15) is 21.0 Å². The summed E-state index contributed by atoms with van der Waals surface area (Å²) in [4.78, 5) is 0. The van der Waals surface area contributed by atoms with E-state index in [-0.39, 0.29) is 0 Å². The second kappa shape index (κ2) is 12.6. The number of fused-ring (bicyclic) bond motifs is 25. The summed E-state index contributed by atoms with van der Waals surface area (Å²) >= 11 is 0. The number of aromatic nitrogens is 2. The van der Waals surface area contributed by atoms with Crippen LogP contribution in [0.25, 0.3) is 87.3 Å². The number of benzene rings is 6. The third-order valence-corrected chi connectivity index (χ3v) is 22.8. The first-order valence-electron chi connectivity index (χ1n) is 28.3. The van der Waals surface area contributed by atoms with Crippen molar-refractivity contribution in [3.05, 3.63) is 114 Å². The van der Waals surface area contributed by atoms with Crippen LogP contribution in [-0.2, 0) is 5.41 Å². The van der Waals surface area contributed by atoms with Gasteiger partial charge in [0.05, 0.1) is 79.6 Å². The van der Waals surface area contributed by atoms with Gasteiger partial charge in [0, 0.05) is 48.5 Å². The molecule has 0 aliphatic heterocycles. The minimum atomic E-state index is -0.402. The van der Waals surface area contributed by atoms with E-state index in [0.29, 0.717) is 47.3 Å². The molecule has 8 bridgehead atoms. The van der Waals surface area contributed by atoms with E-state index < -0.39 is 5.41 Å². The summed E-state index contributed by atoms with van der Waals surface area (Å²) < 4.78 is 5.14. The van der Waals surface area contributed by atoms with E-state index >= 15 is 0 Å². The van der Waals surface area contributed by atoms with Gasteiger partial charge in [-0.1, -0.05) is 13.8 Å². The van der Waals surface area contributed by atoms with E-state index in [1.165, 1.54) is 185 Å². The second-order valence-corrected chi connectivity index (χ2v) is 25.7. The summed E-state index contributed by atoms with van der Waals surface area (Å²) in [5, 5.41) is 55.3. The fourth-order valence-electron chi connectivity index (χ4n) is 20.3. The van der Waals surface area contributed by atoms with Gasteiger partial charge in [0.15, 0.2) is 0 Å². The first-order chi connectivity index (χ1) is 35.8. The Bertz CT molecular complexity index is 4570. The molecule has 6 aromatic carbocycles. The third kappa shape index (κ3) is 4.14. The van der Waals surface area contributed by atoms with Crippen molar-refractivity contribution in [1.29, 1.82) is 21.0 Å². The third-order valence-electron chi connectivity index (χ3n) is 22.8. The Labute approximate surface area is 423 Å². The van der Waals surface area contributed by atoms with Crippen molar-refractivity contribution in [3.63, 3.8) is 0 Å². The van der Waals surface area contributed by atoms with Crippen LogP contribution in [-0.4, -0.2) is 8.80 Å². The maximum absolute atomic E-state index is 11.2. The summed E-state index contributed by atoms with van der Waals surface area (Å²) in [6.45, 7) is 5.05. The average molecular weight is 941 g/mol. The maximum atomic E-state index is 11.2. The molecule has 0 saturated heterocycles. The molecule has 4 heterocycles. The molecule has 4 saturated carbocycles. The highest BCUT2D eigenvalue weighted by atomic mass is 14.9. The first kappa shape index (κ1) is 39.4. The molecule has 23 rings (SSSR count). The molecule has 73 heavy (non-hydrogen) atoms. The van der Waals surface area contributed by atoms with Crippen molar-refractivity contribution in [1.82, 2.24) is 8.80 Å². The van der Waals surface area contributed by atoms with Gasteiger partial charge in [-0.3, -0.25) is 0 Å². The smallest absolute Gasteiger partial charge is 0.0995 e. The minimum absolute atomic E-state index is 0.402. The molecule has 6 heteroatoms. The van der Waals surface area contributed by atoms with Crippen LogP contribution in [0.1, 0.15) is 242 Å². The monoisotopic (exact) mass is 940 g/mol. The molecule has 13 aliphatic rings.